The Morgan fingerprint density at radius 3 is 2.48 bits per heavy atom. The minimum atomic E-state index is -0.764. The first-order valence-corrected chi connectivity index (χ1v) is 7.63. The second-order valence-corrected chi connectivity index (χ2v) is 6.12. The number of hydrogen-bond acceptors (Lipinski definition) is 2. The Balaban J connectivity index is 2.17. The first-order chi connectivity index (χ1) is 9.96. The molecule has 1 fully saturated rings. The Hall–Kier alpha value is -1.84. The van der Waals surface area contributed by atoms with E-state index in [1.54, 1.807) is 4.90 Å². The molecule has 21 heavy (non-hydrogen) atoms. The van der Waals surface area contributed by atoms with Crippen molar-refractivity contribution in [3.8, 4) is 0 Å². The average Bonchev–Trinajstić information content (AvgIpc) is 2.46. The van der Waals surface area contributed by atoms with Crippen LogP contribution in [-0.4, -0.2) is 34.8 Å². The van der Waals surface area contributed by atoms with Gasteiger partial charge in [0.05, 0.1) is 0 Å². The molecule has 1 aromatic rings. The molecule has 0 saturated carbocycles. The molecule has 1 heterocycles. The molecule has 1 aliphatic rings. The first-order valence-electron chi connectivity index (χ1n) is 7.63. The van der Waals surface area contributed by atoms with Gasteiger partial charge in [0.25, 0.3) is 0 Å². The number of rotatable bonds is 5. The van der Waals surface area contributed by atoms with E-state index in [1.807, 2.05) is 44.2 Å². The summed E-state index contributed by atoms with van der Waals surface area (Å²) in [5.41, 5.74) is 0.297. The summed E-state index contributed by atoms with van der Waals surface area (Å²) in [6.07, 6.45) is 2.47. The Labute approximate surface area is 126 Å². The molecule has 0 bridgehead atoms. The molecule has 114 valence electrons. The van der Waals surface area contributed by atoms with Crippen LogP contribution >= 0.6 is 0 Å². The Morgan fingerprint density at radius 1 is 1.19 bits per heavy atom. The van der Waals surface area contributed by atoms with Crippen LogP contribution in [0, 0.1) is 0 Å². The summed E-state index contributed by atoms with van der Waals surface area (Å²) in [6, 6.07) is 9.35. The van der Waals surface area contributed by atoms with E-state index in [9.17, 15) is 9.59 Å². The predicted octanol–water partition coefficient (Wildman–Crippen LogP) is 2.13. The van der Waals surface area contributed by atoms with E-state index < -0.39 is 11.6 Å². The SMILES string of the molecule is CCCCN1C(=O)C(Cc2ccccc2)NC(=O)C1(C)C. The third-order valence-electron chi connectivity index (χ3n) is 4.12. The number of benzene rings is 1. The van der Waals surface area contributed by atoms with Crippen molar-refractivity contribution in [2.75, 3.05) is 6.54 Å². The highest BCUT2D eigenvalue weighted by Gasteiger charge is 2.45. The molecule has 1 aromatic carbocycles. The summed E-state index contributed by atoms with van der Waals surface area (Å²) in [6.45, 7) is 6.35. The molecular formula is C17H24N2O2. The van der Waals surface area contributed by atoms with E-state index in [-0.39, 0.29) is 11.8 Å². The van der Waals surface area contributed by atoms with Crippen LogP contribution in [0.1, 0.15) is 39.2 Å². The average molecular weight is 288 g/mol. The maximum Gasteiger partial charge on any atom is 0.246 e. The molecule has 2 rings (SSSR count). The van der Waals surface area contributed by atoms with E-state index in [0.717, 1.165) is 18.4 Å². The number of hydrogen-bond donors (Lipinski definition) is 1. The largest absolute Gasteiger partial charge is 0.342 e. The molecule has 1 aliphatic heterocycles. The van der Waals surface area contributed by atoms with Crippen molar-refractivity contribution in [2.45, 2.75) is 51.6 Å². The fourth-order valence-corrected chi connectivity index (χ4v) is 2.68. The highest BCUT2D eigenvalue weighted by Crippen LogP contribution is 2.23. The monoisotopic (exact) mass is 288 g/mol. The fraction of sp³-hybridized carbons (Fsp3) is 0.529. The molecule has 4 heteroatoms. The Bertz CT molecular complexity index is 511. The maximum absolute atomic E-state index is 12.7. The second kappa shape index (κ2) is 6.29. The highest BCUT2D eigenvalue weighted by atomic mass is 16.2. The molecule has 4 nitrogen and oxygen atoms in total. The van der Waals surface area contributed by atoms with Crippen LogP contribution in [0.5, 0.6) is 0 Å². The zero-order chi connectivity index (χ0) is 15.5. The normalized spacial score (nSPS) is 21.3. The van der Waals surface area contributed by atoms with Crippen molar-refractivity contribution in [3.63, 3.8) is 0 Å². The van der Waals surface area contributed by atoms with Gasteiger partial charge < -0.3 is 10.2 Å². The summed E-state index contributed by atoms with van der Waals surface area (Å²) in [5, 5.41) is 2.88. The van der Waals surface area contributed by atoms with E-state index in [1.165, 1.54) is 0 Å². The molecule has 0 aromatic heterocycles. The Kier molecular flexibility index (Phi) is 4.66. The lowest BCUT2D eigenvalue weighted by atomic mass is 9.92. The van der Waals surface area contributed by atoms with Gasteiger partial charge in [-0.1, -0.05) is 43.7 Å². The van der Waals surface area contributed by atoms with Crippen LogP contribution in [0.3, 0.4) is 0 Å². The number of carbonyl (C=O) groups excluding carboxylic acids is 2. The number of carbonyl (C=O) groups is 2. The molecule has 1 atom stereocenters. The van der Waals surface area contributed by atoms with Crippen molar-refractivity contribution in [2.24, 2.45) is 0 Å². The first kappa shape index (κ1) is 15.5. The third-order valence-corrected chi connectivity index (χ3v) is 4.12. The third kappa shape index (κ3) is 3.26. The lowest BCUT2D eigenvalue weighted by Gasteiger charge is -2.44. The van der Waals surface area contributed by atoms with Gasteiger partial charge in [-0.25, -0.2) is 0 Å². The maximum atomic E-state index is 12.7. The summed E-state index contributed by atoms with van der Waals surface area (Å²) in [4.78, 5) is 26.8. The number of nitrogens with one attached hydrogen (secondary N) is 1. The van der Waals surface area contributed by atoms with Crippen molar-refractivity contribution in [1.82, 2.24) is 10.2 Å². The molecule has 0 radical (unpaired) electrons. The van der Waals surface area contributed by atoms with Gasteiger partial charge in [-0.15, -0.1) is 0 Å². The second-order valence-electron chi connectivity index (χ2n) is 6.12. The van der Waals surface area contributed by atoms with Crippen molar-refractivity contribution in [1.29, 1.82) is 0 Å². The highest BCUT2D eigenvalue weighted by molar-refractivity contribution is 5.99. The van der Waals surface area contributed by atoms with Gasteiger partial charge in [-0.2, -0.15) is 0 Å². The van der Waals surface area contributed by atoms with Crippen LogP contribution in [0.2, 0.25) is 0 Å². The topological polar surface area (TPSA) is 49.4 Å². The van der Waals surface area contributed by atoms with Gasteiger partial charge in [-0.05, 0) is 25.8 Å². The van der Waals surface area contributed by atoms with Crippen molar-refractivity contribution >= 4 is 11.8 Å². The molecular weight excluding hydrogens is 264 g/mol. The predicted molar refractivity (Wildman–Crippen MR) is 82.8 cm³/mol. The van der Waals surface area contributed by atoms with Gasteiger partial charge in [0, 0.05) is 13.0 Å². The summed E-state index contributed by atoms with van der Waals surface area (Å²) >= 11 is 0. The minimum absolute atomic E-state index is 0.0249. The van der Waals surface area contributed by atoms with Gasteiger partial charge in [0.2, 0.25) is 11.8 Å². The molecule has 1 N–H and O–H groups in total. The summed E-state index contributed by atoms with van der Waals surface area (Å²) in [5.74, 6) is -0.0453. The van der Waals surface area contributed by atoms with E-state index in [4.69, 9.17) is 0 Å². The van der Waals surface area contributed by atoms with Crippen LogP contribution < -0.4 is 5.32 Å². The van der Waals surface area contributed by atoms with Crippen LogP contribution in [0.15, 0.2) is 30.3 Å². The van der Waals surface area contributed by atoms with Crippen LogP contribution in [0.4, 0.5) is 0 Å². The smallest absolute Gasteiger partial charge is 0.246 e. The Morgan fingerprint density at radius 2 is 1.86 bits per heavy atom. The number of nitrogens with zero attached hydrogens (tertiary/aromatic N) is 1. The molecule has 1 unspecified atom stereocenters. The zero-order valence-corrected chi connectivity index (χ0v) is 13.1. The van der Waals surface area contributed by atoms with Gasteiger partial charge in [0.1, 0.15) is 11.6 Å². The standard InChI is InChI=1S/C17H24N2O2/c1-4-5-11-19-15(20)14(18-16(21)17(19,2)3)12-13-9-7-6-8-10-13/h6-10,14H,4-5,11-12H2,1-3H3,(H,18,21). The van der Waals surface area contributed by atoms with Gasteiger partial charge in [0.15, 0.2) is 0 Å². The zero-order valence-electron chi connectivity index (χ0n) is 13.1. The van der Waals surface area contributed by atoms with Crippen molar-refractivity contribution < 1.29 is 9.59 Å². The lowest BCUT2D eigenvalue weighted by Crippen LogP contribution is -2.68. The molecule has 0 spiro atoms. The minimum Gasteiger partial charge on any atom is -0.342 e. The number of piperazine rings is 1. The molecule has 2 amide bonds. The number of unbranched alkanes of at least 4 members (excludes halogenated alkanes) is 1. The summed E-state index contributed by atoms with van der Waals surface area (Å²) < 4.78 is 0. The molecule has 1 saturated heterocycles. The summed E-state index contributed by atoms with van der Waals surface area (Å²) in [7, 11) is 0. The lowest BCUT2D eigenvalue weighted by molar-refractivity contribution is -0.155. The number of amides is 2. The van der Waals surface area contributed by atoms with Crippen LogP contribution in [-0.2, 0) is 16.0 Å². The van der Waals surface area contributed by atoms with Crippen molar-refractivity contribution in [3.05, 3.63) is 35.9 Å². The fourth-order valence-electron chi connectivity index (χ4n) is 2.68. The van der Waals surface area contributed by atoms with E-state index in [2.05, 4.69) is 12.2 Å². The molecule has 0 aliphatic carbocycles. The van der Waals surface area contributed by atoms with E-state index >= 15 is 0 Å². The van der Waals surface area contributed by atoms with Crippen LogP contribution in [0.25, 0.3) is 0 Å². The quantitative estimate of drug-likeness (QED) is 0.902. The van der Waals surface area contributed by atoms with Gasteiger partial charge in [-0.3, -0.25) is 9.59 Å². The van der Waals surface area contributed by atoms with Gasteiger partial charge >= 0.3 is 0 Å². The van der Waals surface area contributed by atoms with E-state index in [0.29, 0.717) is 13.0 Å².